The zero-order chi connectivity index (χ0) is 18.1. The van der Waals surface area contributed by atoms with Crippen molar-refractivity contribution in [2.24, 2.45) is 0 Å². The van der Waals surface area contributed by atoms with Crippen molar-refractivity contribution >= 4 is 23.6 Å². The largest absolute Gasteiger partial charge is 0.463 e. The highest BCUT2D eigenvalue weighted by molar-refractivity contribution is 5.87. The summed E-state index contributed by atoms with van der Waals surface area (Å²) in [5.41, 5.74) is 0.957. The van der Waals surface area contributed by atoms with Gasteiger partial charge in [-0.2, -0.15) is 5.26 Å². The van der Waals surface area contributed by atoms with Crippen molar-refractivity contribution in [3.63, 3.8) is 0 Å². The zero-order valence-electron chi connectivity index (χ0n) is 14.4. The molecule has 0 bridgehead atoms. The molecule has 1 saturated carbocycles. The molecule has 0 spiro atoms. The van der Waals surface area contributed by atoms with Crippen LogP contribution in [0, 0.1) is 11.3 Å². The lowest BCUT2D eigenvalue weighted by Gasteiger charge is -2.22. The normalized spacial score (nSPS) is 15.5. The Labute approximate surface area is 147 Å². The quantitative estimate of drug-likeness (QED) is 0.588. The Morgan fingerprint density at radius 3 is 2.56 bits per heavy atom. The van der Waals surface area contributed by atoms with Crippen molar-refractivity contribution in [3.8, 4) is 6.07 Å². The Kier molecular flexibility index (Phi) is 6.58. The molecule has 0 aromatic heterocycles. The fourth-order valence-electron chi connectivity index (χ4n) is 2.80. The lowest BCUT2D eigenvalue weighted by atomic mass is 10.00. The zero-order valence-corrected chi connectivity index (χ0v) is 14.4. The first kappa shape index (κ1) is 18.5. The van der Waals surface area contributed by atoms with Crippen LogP contribution in [-0.4, -0.2) is 30.6 Å². The molecular formula is C19H23N3O3. The van der Waals surface area contributed by atoms with Crippen molar-refractivity contribution < 1.29 is 14.3 Å². The fraction of sp³-hybridized carbons (Fsp3) is 0.421. The molecule has 1 aliphatic rings. The molecule has 0 aliphatic heterocycles. The minimum Gasteiger partial charge on any atom is -0.463 e. The summed E-state index contributed by atoms with van der Waals surface area (Å²) in [5, 5.41) is 15.2. The van der Waals surface area contributed by atoms with Crippen LogP contribution < -0.4 is 10.6 Å². The standard InChI is InChI=1S/C19H23N3O3/c1-2-25-18(24)10-7-15-5-8-16(9-6-15)21-13-17(23)22-19(14-20)11-3-4-12-19/h5-10,21H,2-4,11-13H2,1H3,(H,22,23)/b10-7+. The van der Waals surface area contributed by atoms with Crippen LogP contribution in [0.25, 0.3) is 6.08 Å². The fourth-order valence-corrected chi connectivity index (χ4v) is 2.80. The summed E-state index contributed by atoms with van der Waals surface area (Å²) >= 11 is 0. The highest BCUT2D eigenvalue weighted by Gasteiger charge is 2.35. The monoisotopic (exact) mass is 341 g/mol. The summed E-state index contributed by atoms with van der Waals surface area (Å²) in [7, 11) is 0. The van der Waals surface area contributed by atoms with Gasteiger partial charge < -0.3 is 15.4 Å². The van der Waals surface area contributed by atoms with E-state index in [9.17, 15) is 14.9 Å². The molecule has 25 heavy (non-hydrogen) atoms. The molecule has 6 heteroatoms. The van der Waals surface area contributed by atoms with Crippen LogP contribution in [0.2, 0.25) is 0 Å². The Morgan fingerprint density at radius 2 is 1.96 bits per heavy atom. The van der Waals surface area contributed by atoms with Crippen LogP contribution in [0.1, 0.15) is 38.2 Å². The van der Waals surface area contributed by atoms with Crippen molar-refractivity contribution in [3.05, 3.63) is 35.9 Å². The van der Waals surface area contributed by atoms with E-state index >= 15 is 0 Å². The third kappa shape index (κ3) is 5.64. The Hall–Kier alpha value is -2.81. The van der Waals surface area contributed by atoms with Crippen LogP contribution in [-0.2, 0) is 14.3 Å². The number of amides is 1. The van der Waals surface area contributed by atoms with Gasteiger partial charge in [-0.1, -0.05) is 12.1 Å². The van der Waals surface area contributed by atoms with Crippen LogP contribution in [0.5, 0.6) is 0 Å². The van der Waals surface area contributed by atoms with E-state index in [1.807, 2.05) is 24.3 Å². The van der Waals surface area contributed by atoms with Gasteiger partial charge in [0.15, 0.2) is 0 Å². The highest BCUT2D eigenvalue weighted by Crippen LogP contribution is 2.28. The smallest absolute Gasteiger partial charge is 0.330 e. The van der Waals surface area contributed by atoms with Gasteiger partial charge in [-0.15, -0.1) is 0 Å². The second kappa shape index (κ2) is 8.88. The number of carbonyl (C=O) groups is 2. The molecular weight excluding hydrogens is 318 g/mol. The average molecular weight is 341 g/mol. The summed E-state index contributed by atoms with van der Waals surface area (Å²) in [6, 6.07) is 9.57. The van der Waals surface area contributed by atoms with Gasteiger partial charge in [0.05, 0.1) is 19.2 Å². The van der Waals surface area contributed by atoms with Gasteiger partial charge in [0, 0.05) is 11.8 Å². The van der Waals surface area contributed by atoms with E-state index in [0.717, 1.165) is 36.9 Å². The van der Waals surface area contributed by atoms with Gasteiger partial charge >= 0.3 is 5.97 Å². The predicted octanol–water partition coefficient (Wildman–Crippen LogP) is 2.63. The molecule has 0 radical (unpaired) electrons. The molecule has 1 aromatic carbocycles. The molecule has 0 unspecified atom stereocenters. The van der Waals surface area contributed by atoms with E-state index in [-0.39, 0.29) is 18.4 Å². The van der Waals surface area contributed by atoms with Crippen LogP contribution in [0.3, 0.4) is 0 Å². The number of benzene rings is 1. The number of rotatable bonds is 7. The van der Waals surface area contributed by atoms with Crippen LogP contribution in [0.4, 0.5) is 5.69 Å². The van der Waals surface area contributed by atoms with Gasteiger partial charge in [0.25, 0.3) is 0 Å². The molecule has 1 aliphatic carbocycles. The molecule has 0 heterocycles. The summed E-state index contributed by atoms with van der Waals surface area (Å²) in [6.07, 6.45) is 6.44. The third-order valence-electron chi connectivity index (χ3n) is 4.11. The molecule has 2 N–H and O–H groups in total. The van der Waals surface area contributed by atoms with Gasteiger partial charge in [0.1, 0.15) is 5.54 Å². The van der Waals surface area contributed by atoms with Crippen molar-refractivity contribution in [2.45, 2.75) is 38.1 Å². The number of hydrogen-bond acceptors (Lipinski definition) is 5. The van der Waals surface area contributed by atoms with Gasteiger partial charge in [-0.05, 0) is 56.4 Å². The Bertz CT molecular complexity index is 668. The summed E-state index contributed by atoms with van der Waals surface area (Å²) in [5.74, 6) is -0.561. The van der Waals surface area contributed by atoms with Crippen LogP contribution >= 0.6 is 0 Å². The third-order valence-corrected chi connectivity index (χ3v) is 4.11. The van der Waals surface area contributed by atoms with Crippen molar-refractivity contribution in [1.29, 1.82) is 5.26 Å². The summed E-state index contributed by atoms with van der Waals surface area (Å²) < 4.78 is 4.82. The van der Waals surface area contributed by atoms with Gasteiger partial charge in [-0.25, -0.2) is 4.79 Å². The van der Waals surface area contributed by atoms with Crippen molar-refractivity contribution in [1.82, 2.24) is 5.32 Å². The lowest BCUT2D eigenvalue weighted by Crippen LogP contribution is -2.47. The number of hydrogen-bond donors (Lipinski definition) is 2. The van der Waals surface area contributed by atoms with E-state index < -0.39 is 5.54 Å². The van der Waals surface area contributed by atoms with Crippen LogP contribution in [0.15, 0.2) is 30.3 Å². The average Bonchev–Trinajstić information content (AvgIpc) is 3.08. The number of esters is 1. The first-order valence-corrected chi connectivity index (χ1v) is 8.48. The maximum absolute atomic E-state index is 12.1. The summed E-state index contributed by atoms with van der Waals surface area (Å²) in [6.45, 7) is 2.22. The molecule has 1 aromatic rings. The number of nitrogens with zero attached hydrogens (tertiary/aromatic N) is 1. The predicted molar refractivity (Wildman–Crippen MR) is 95.6 cm³/mol. The minimum absolute atomic E-state index is 0.113. The van der Waals surface area contributed by atoms with E-state index in [1.165, 1.54) is 6.08 Å². The first-order valence-electron chi connectivity index (χ1n) is 8.48. The molecule has 1 fully saturated rings. The molecule has 1 amide bonds. The molecule has 132 valence electrons. The molecule has 2 rings (SSSR count). The first-order chi connectivity index (χ1) is 12.1. The topological polar surface area (TPSA) is 91.2 Å². The number of ether oxygens (including phenoxy) is 1. The van der Waals surface area contributed by atoms with E-state index in [0.29, 0.717) is 6.61 Å². The minimum atomic E-state index is -0.694. The SMILES string of the molecule is CCOC(=O)/C=C/c1ccc(NCC(=O)NC2(C#N)CCCC2)cc1. The highest BCUT2D eigenvalue weighted by atomic mass is 16.5. The Morgan fingerprint density at radius 1 is 1.28 bits per heavy atom. The van der Waals surface area contributed by atoms with Gasteiger partial charge in [0.2, 0.25) is 5.91 Å². The van der Waals surface area contributed by atoms with Crippen molar-refractivity contribution in [2.75, 3.05) is 18.5 Å². The maximum atomic E-state index is 12.1. The number of anilines is 1. The number of nitriles is 1. The molecule has 0 atom stereocenters. The lowest BCUT2D eigenvalue weighted by molar-refractivity contribution is -0.137. The second-order valence-corrected chi connectivity index (χ2v) is 6.01. The maximum Gasteiger partial charge on any atom is 0.330 e. The molecule has 6 nitrogen and oxygen atoms in total. The van der Waals surface area contributed by atoms with E-state index in [2.05, 4.69) is 16.7 Å². The van der Waals surface area contributed by atoms with E-state index in [1.54, 1.807) is 13.0 Å². The number of carbonyl (C=O) groups excluding carboxylic acids is 2. The molecule has 0 saturated heterocycles. The Balaban J connectivity index is 1.82. The second-order valence-electron chi connectivity index (χ2n) is 6.01. The van der Waals surface area contributed by atoms with Gasteiger partial charge in [-0.3, -0.25) is 4.79 Å². The number of nitrogens with one attached hydrogen (secondary N) is 2. The van der Waals surface area contributed by atoms with E-state index in [4.69, 9.17) is 4.74 Å². The summed E-state index contributed by atoms with van der Waals surface area (Å²) in [4.78, 5) is 23.3.